The minimum atomic E-state index is 0. The van der Waals surface area contributed by atoms with Crippen molar-refractivity contribution in [2.24, 2.45) is 5.41 Å². The van der Waals surface area contributed by atoms with Crippen LogP contribution in [0.5, 0.6) is 0 Å². The lowest BCUT2D eigenvalue weighted by Gasteiger charge is -2.34. The number of hydrogen-bond donors (Lipinski definition) is 1. The van der Waals surface area contributed by atoms with Crippen molar-refractivity contribution in [1.29, 1.82) is 0 Å². The Hall–Kier alpha value is -0.650. The first-order chi connectivity index (χ1) is 9.23. The van der Waals surface area contributed by atoms with Crippen molar-refractivity contribution in [2.45, 2.75) is 45.2 Å². The Morgan fingerprint density at radius 1 is 1.30 bits per heavy atom. The van der Waals surface area contributed by atoms with Crippen molar-refractivity contribution in [3.8, 4) is 0 Å². The van der Waals surface area contributed by atoms with Crippen molar-refractivity contribution >= 4 is 12.4 Å². The third-order valence-electron chi connectivity index (χ3n) is 4.87. The van der Waals surface area contributed by atoms with Crippen LogP contribution in [0.25, 0.3) is 0 Å². The summed E-state index contributed by atoms with van der Waals surface area (Å²) in [6.07, 6.45) is 3.92. The normalized spacial score (nSPS) is 30.1. The molecule has 1 N–H and O–H groups in total. The summed E-state index contributed by atoms with van der Waals surface area (Å²) in [6.45, 7) is 9.14. The lowest BCUT2D eigenvalue weighted by atomic mass is 9.89. The fourth-order valence-electron chi connectivity index (χ4n) is 3.55. The molecule has 112 valence electrons. The Balaban J connectivity index is 0.00000121. The molecule has 3 aliphatic rings. The van der Waals surface area contributed by atoms with Crippen molar-refractivity contribution in [3.05, 3.63) is 11.6 Å². The monoisotopic (exact) mass is 297 g/mol. The number of halogens is 1. The summed E-state index contributed by atoms with van der Waals surface area (Å²) in [4.78, 5) is 2.56. The number of nitrogens with one attached hydrogen (secondary N) is 1. The van der Waals surface area contributed by atoms with Gasteiger partial charge >= 0.3 is 0 Å². The van der Waals surface area contributed by atoms with Crippen LogP contribution in [-0.2, 0) is 13.1 Å². The second-order valence-electron chi connectivity index (χ2n) is 6.85. The average molecular weight is 298 g/mol. The third-order valence-corrected chi connectivity index (χ3v) is 4.87. The van der Waals surface area contributed by atoms with Gasteiger partial charge in [-0.1, -0.05) is 6.92 Å². The molecule has 1 aromatic heterocycles. The largest absolute Gasteiger partial charge is 0.316 e. The van der Waals surface area contributed by atoms with Crippen LogP contribution in [-0.4, -0.2) is 45.8 Å². The van der Waals surface area contributed by atoms with E-state index in [1.54, 1.807) is 0 Å². The lowest BCUT2D eigenvalue weighted by molar-refractivity contribution is 0.143. The number of nitrogens with zero attached hydrogens (tertiary/aromatic N) is 4. The van der Waals surface area contributed by atoms with E-state index in [1.807, 2.05) is 0 Å². The van der Waals surface area contributed by atoms with Gasteiger partial charge in [-0.25, -0.2) is 0 Å². The van der Waals surface area contributed by atoms with E-state index in [9.17, 15) is 0 Å². The zero-order valence-electron chi connectivity index (χ0n) is 12.1. The quantitative estimate of drug-likeness (QED) is 0.916. The van der Waals surface area contributed by atoms with Gasteiger partial charge in [0.05, 0.1) is 6.54 Å². The van der Waals surface area contributed by atoms with Gasteiger partial charge < -0.3 is 9.88 Å². The van der Waals surface area contributed by atoms with Crippen LogP contribution in [0.1, 0.15) is 43.8 Å². The first-order valence-corrected chi connectivity index (χ1v) is 7.59. The molecule has 5 nitrogen and oxygen atoms in total. The maximum absolute atomic E-state index is 4.42. The predicted octanol–water partition coefficient (Wildman–Crippen LogP) is 1.39. The Morgan fingerprint density at radius 2 is 2.15 bits per heavy atom. The molecule has 3 heterocycles. The minimum absolute atomic E-state index is 0. The first kappa shape index (κ1) is 14.3. The van der Waals surface area contributed by atoms with Gasteiger partial charge in [-0.3, -0.25) is 4.90 Å². The van der Waals surface area contributed by atoms with Gasteiger partial charge in [0.2, 0.25) is 0 Å². The molecule has 1 saturated carbocycles. The van der Waals surface area contributed by atoms with Gasteiger partial charge in [0.15, 0.2) is 0 Å². The van der Waals surface area contributed by atoms with E-state index < -0.39 is 0 Å². The summed E-state index contributed by atoms with van der Waals surface area (Å²) in [5.74, 6) is 3.15. The lowest BCUT2D eigenvalue weighted by Crippen LogP contribution is -2.42. The maximum Gasteiger partial charge on any atom is 0.147 e. The SMILES string of the molecule is CC1(CN2CCn3c(nnc3C3CC3)C2)CCNC1.Cl. The molecule has 1 aliphatic carbocycles. The van der Waals surface area contributed by atoms with Gasteiger partial charge in [0.1, 0.15) is 11.6 Å². The standard InChI is InChI=1S/C14H23N5.ClH/c1-14(4-5-15-9-14)10-18-6-7-19-12(8-18)16-17-13(19)11-2-3-11;/h11,15H,2-10H2,1H3;1H. The van der Waals surface area contributed by atoms with Crippen molar-refractivity contribution in [1.82, 2.24) is 25.0 Å². The van der Waals surface area contributed by atoms with Crippen LogP contribution in [0.3, 0.4) is 0 Å². The highest BCUT2D eigenvalue weighted by Gasteiger charge is 2.35. The van der Waals surface area contributed by atoms with E-state index >= 15 is 0 Å². The number of hydrogen-bond acceptors (Lipinski definition) is 4. The molecular weight excluding hydrogens is 274 g/mol. The summed E-state index contributed by atoms with van der Waals surface area (Å²) in [7, 11) is 0. The zero-order valence-corrected chi connectivity index (χ0v) is 13.0. The van der Waals surface area contributed by atoms with Crippen molar-refractivity contribution in [2.75, 3.05) is 26.2 Å². The van der Waals surface area contributed by atoms with E-state index in [0.717, 1.165) is 26.2 Å². The molecule has 2 fully saturated rings. The molecule has 0 spiro atoms. The molecule has 4 rings (SSSR count). The highest BCUT2D eigenvalue weighted by molar-refractivity contribution is 5.85. The highest BCUT2D eigenvalue weighted by Crippen LogP contribution is 2.39. The molecule has 2 aliphatic heterocycles. The maximum atomic E-state index is 4.42. The Bertz CT molecular complexity index is 476. The number of rotatable bonds is 3. The van der Waals surface area contributed by atoms with Gasteiger partial charge in [-0.2, -0.15) is 0 Å². The minimum Gasteiger partial charge on any atom is -0.316 e. The summed E-state index contributed by atoms with van der Waals surface area (Å²) in [5.41, 5.74) is 0.446. The Labute approximate surface area is 126 Å². The number of fused-ring (bicyclic) bond motifs is 1. The molecule has 0 bridgehead atoms. The second kappa shape index (κ2) is 5.28. The van der Waals surface area contributed by atoms with E-state index in [-0.39, 0.29) is 12.4 Å². The fourth-order valence-corrected chi connectivity index (χ4v) is 3.55. The van der Waals surface area contributed by atoms with Gasteiger partial charge in [0, 0.05) is 32.1 Å². The molecular formula is C14H24ClN5. The second-order valence-corrected chi connectivity index (χ2v) is 6.85. The van der Waals surface area contributed by atoms with Gasteiger partial charge in [-0.05, 0) is 31.2 Å². The van der Waals surface area contributed by atoms with E-state index in [4.69, 9.17) is 0 Å². The van der Waals surface area contributed by atoms with Crippen molar-refractivity contribution < 1.29 is 0 Å². The van der Waals surface area contributed by atoms with Gasteiger partial charge in [0.25, 0.3) is 0 Å². The third kappa shape index (κ3) is 2.59. The summed E-state index contributed by atoms with van der Waals surface area (Å²) >= 11 is 0. The van der Waals surface area contributed by atoms with E-state index in [2.05, 4.69) is 31.9 Å². The summed E-state index contributed by atoms with van der Waals surface area (Å²) in [5, 5.41) is 12.3. The van der Waals surface area contributed by atoms with Crippen LogP contribution in [0, 0.1) is 5.41 Å². The van der Waals surface area contributed by atoms with Crippen LogP contribution in [0.4, 0.5) is 0 Å². The molecule has 1 unspecified atom stereocenters. The Kier molecular flexibility index (Phi) is 3.77. The van der Waals surface area contributed by atoms with Crippen LogP contribution in [0.2, 0.25) is 0 Å². The van der Waals surface area contributed by atoms with Crippen molar-refractivity contribution in [3.63, 3.8) is 0 Å². The van der Waals surface area contributed by atoms with E-state index in [0.29, 0.717) is 11.3 Å². The topological polar surface area (TPSA) is 46.0 Å². The molecule has 1 atom stereocenters. The molecule has 6 heteroatoms. The summed E-state index contributed by atoms with van der Waals surface area (Å²) < 4.78 is 2.38. The fraction of sp³-hybridized carbons (Fsp3) is 0.857. The Morgan fingerprint density at radius 3 is 2.85 bits per heavy atom. The number of aromatic nitrogens is 3. The molecule has 0 amide bonds. The first-order valence-electron chi connectivity index (χ1n) is 7.59. The predicted molar refractivity (Wildman–Crippen MR) is 80.1 cm³/mol. The van der Waals surface area contributed by atoms with Crippen LogP contribution < -0.4 is 5.32 Å². The van der Waals surface area contributed by atoms with Crippen LogP contribution >= 0.6 is 12.4 Å². The molecule has 1 aromatic rings. The molecule has 0 radical (unpaired) electrons. The van der Waals surface area contributed by atoms with Gasteiger partial charge in [-0.15, -0.1) is 22.6 Å². The zero-order chi connectivity index (χ0) is 12.9. The highest BCUT2D eigenvalue weighted by atomic mass is 35.5. The molecule has 1 saturated heterocycles. The van der Waals surface area contributed by atoms with Crippen LogP contribution in [0.15, 0.2) is 0 Å². The van der Waals surface area contributed by atoms with E-state index in [1.165, 1.54) is 44.0 Å². The molecule has 20 heavy (non-hydrogen) atoms. The smallest absolute Gasteiger partial charge is 0.147 e. The summed E-state index contributed by atoms with van der Waals surface area (Å²) in [6, 6.07) is 0. The average Bonchev–Trinajstić information content (AvgIpc) is 3.02. The molecule has 0 aromatic carbocycles.